The summed E-state index contributed by atoms with van der Waals surface area (Å²) in [4.78, 5) is 5.14. The van der Waals surface area contributed by atoms with Gasteiger partial charge in [-0.05, 0) is 57.0 Å². The molecule has 1 saturated carbocycles. The molecule has 0 aromatic heterocycles. The van der Waals surface area contributed by atoms with Crippen molar-refractivity contribution in [2.24, 2.45) is 16.6 Å². The van der Waals surface area contributed by atoms with Crippen molar-refractivity contribution in [2.45, 2.75) is 71.4 Å². The van der Waals surface area contributed by atoms with Crippen molar-refractivity contribution in [1.82, 2.24) is 9.80 Å². The number of nitrogens with zero attached hydrogens (tertiary/aromatic N) is 2. The van der Waals surface area contributed by atoms with Gasteiger partial charge in [0.05, 0.1) is 0 Å². The fraction of sp³-hybridized carbons (Fsp3) is 1.00. The average Bonchev–Trinajstić information content (AvgIpc) is 2.35. The maximum absolute atomic E-state index is 6.35. The summed E-state index contributed by atoms with van der Waals surface area (Å²) < 4.78 is 0. The van der Waals surface area contributed by atoms with E-state index in [1.54, 1.807) is 0 Å². The lowest BCUT2D eigenvalue weighted by Crippen LogP contribution is -2.63. The van der Waals surface area contributed by atoms with Crippen LogP contribution < -0.4 is 5.73 Å². The van der Waals surface area contributed by atoms with Crippen molar-refractivity contribution >= 4 is 0 Å². The molecule has 1 heterocycles. The van der Waals surface area contributed by atoms with E-state index in [1.165, 1.54) is 45.2 Å². The summed E-state index contributed by atoms with van der Waals surface area (Å²) in [6, 6.07) is 0.751. The zero-order chi connectivity index (χ0) is 15.9. The summed E-state index contributed by atoms with van der Waals surface area (Å²) >= 11 is 0. The molecule has 0 unspecified atom stereocenters. The third kappa shape index (κ3) is 3.80. The molecule has 21 heavy (non-hydrogen) atoms. The van der Waals surface area contributed by atoms with Crippen LogP contribution in [0.1, 0.15) is 59.8 Å². The van der Waals surface area contributed by atoms with Crippen molar-refractivity contribution in [2.75, 3.05) is 33.7 Å². The monoisotopic (exact) mass is 295 g/mol. The summed E-state index contributed by atoms with van der Waals surface area (Å²) in [5.74, 6) is 0. The molecule has 0 radical (unpaired) electrons. The minimum atomic E-state index is 0.225. The van der Waals surface area contributed by atoms with Gasteiger partial charge in [0, 0.05) is 31.2 Å². The van der Waals surface area contributed by atoms with Crippen LogP contribution in [0.25, 0.3) is 0 Å². The summed E-state index contributed by atoms with van der Waals surface area (Å²) in [7, 11) is 4.43. The maximum Gasteiger partial charge on any atom is 0.0341 e. The van der Waals surface area contributed by atoms with Crippen molar-refractivity contribution in [3.05, 3.63) is 0 Å². The highest BCUT2D eigenvalue weighted by atomic mass is 15.2. The van der Waals surface area contributed by atoms with Crippen LogP contribution in [0.3, 0.4) is 0 Å². The highest BCUT2D eigenvalue weighted by Crippen LogP contribution is 2.52. The number of hydrogen-bond donors (Lipinski definition) is 1. The van der Waals surface area contributed by atoms with Crippen LogP contribution in [-0.4, -0.2) is 55.1 Å². The van der Waals surface area contributed by atoms with Crippen molar-refractivity contribution in [3.63, 3.8) is 0 Å². The van der Waals surface area contributed by atoms with E-state index in [0.29, 0.717) is 10.8 Å². The summed E-state index contributed by atoms with van der Waals surface area (Å²) in [6.07, 6.45) is 6.40. The average molecular weight is 296 g/mol. The van der Waals surface area contributed by atoms with Gasteiger partial charge in [-0.15, -0.1) is 0 Å². The van der Waals surface area contributed by atoms with Gasteiger partial charge in [0.25, 0.3) is 0 Å². The summed E-state index contributed by atoms with van der Waals surface area (Å²) in [5, 5.41) is 0. The molecule has 1 aliphatic carbocycles. The van der Waals surface area contributed by atoms with Gasteiger partial charge in [-0.1, -0.05) is 27.7 Å². The Morgan fingerprint density at radius 2 is 1.43 bits per heavy atom. The quantitative estimate of drug-likeness (QED) is 0.869. The molecule has 1 saturated heterocycles. The molecule has 124 valence electrons. The van der Waals surface area contributed by atoms with Crippen LogP contribution in [0, 0.1) is 10.8 Å². The van der Waals surface area contributed by atoms with Gasteiger partial charge in [0.2, 0.25) is 0 Å². The third-order valence-corrected chi connectivity index (χ3v) is 5.82. The first kappa shape index (κ1) is 17.2. The van der Waals surface area contributed by atoms with Gasteiger partial charge in [-0.25, -0.2) is 0 Å². The summed E-state index contributed by atoms with van der Waals surface area (Å²) in [6.45, 7) is 13.0. The first-order chi connectivity index (χ1) is 9.59. The highest BCUT2D eigenvalue weighted by Gasteiger charge is 2.50. The molecule has 0 atom stereocenters. The minimum Gasteiger partial charge on any atom is -0.329 e. The van der Waals surface area contributed by atoms with Gasteiger partial charge in [0.1, 0.15) is 0 Å². The number of nitrogens with two attached hydrogens (primary N) is 1. The molecule has 2 aliphatic rings. The van der Waals surface area contributed by atoms with Gasteiger partial charge >= 0.3 is 0 Å². The van der Waals surface area contributed by atoms with Crippen LogP contribution in [0.5, 0.6) is 0 Å². The molecule has 2 fully saturated rings. The molecule has 2 rings (SSSR count). The normalized spacial score (nSPS) is 29.7. The molecule has 2 N–H and O–H groups in total. The lowest BCUT2D eigenvalue weighted by Gasteiger charge is -2.57. The molecule has 0 bridgehead atoms. The third-order valence-electron chi connectivity index (χ3n) is 5.82. The standard InChI is InChI=1S/C18H37N3/c1-16(2)11-17(3,4)13-18(12-16,14-19)21-9-7-15(8-10-21)20(5)6/h15H,7-14,19H2,1-6H3. The van der Waals surface area contributed by atoms with E-state index in [1.807, 2.05) is 0 Å². The van der Waals surface area contributed by atoms with Crippen LogP contribution in [0.2, 0.25) is 0 Å². The molecular weight excluding hydrogens is 258 g/mol. The van der Waals surface area contributed by atoms with E-state index in [4.69, 9.17) is 5.73 Å². The second-order valence-corrected chi connectivity index (χ2v) is 9.47. The number of likely N-dealkylation sites (tertiary alicyclic amines) is 1. The van der Waals surface area contributed by atoms with Crippen LogP contribution in [0.4, 0.5) is 0 Å². The maximum atomic E-state index is 6.35. The fourth-order valence-electron chi connectivity index (χ4n) is 5.62. The Kier molecular flexibility index (Phi) is 4.78. The summed E-state index contributed by atoms with van der Waals surface area (Å²) in [5.41, 5.74) is 7.38. The van der Waals surface area contributed by atoms with Gasteiger partial charge < -0.3 is 10.6 Å². The molecular formula is C18H37N3. The fourth-order valence-corrected chi connectivity index (χ4v) is 5.62. The zero-order valence-corrected chi connectivity index (χ0v) is 15.2. The van der Waals surface area contributed by atoms with Crippen molar-refractivity contribution in [3.8, 4) is 0 Å². The van der Waals surface area contributed by atoms with E-state index in [9.17, 15) is 0 Å². The smallest absolute Gasteiger partial charge is 0.0341 e. The second kappa shape index (κ2) is 5.82. The predicted molar refractivity (Wildman–Crippen MR) is 91.5 cm³/mol. The van der Waals surface area contributed by atoms with Crippen LogP contribution in [0.15, 0.2) is 0 Å². The Morgan fingerprint density at radius 3 is 1.81 bits per heavy atom. The number of hydrogen-bond acceptors (Lipinski definition) is 3. The first-order valence-corrected chi connectivity index (χ1v) is 8.71. The Hall–Kier alpha value is -0.120. The molecule has 3 nitrogen and oxygen atoms in total. The predicted octanol–water partition coefficient (Wildman–Crippen LogP) is 2.95. The topological polar surface area (TPSA) is 32.5 Å². The van der Waals surface area contributed by atoms with Crippen molar-refractivity contribution in [1.29, 1.82) is 0 Å². The lowest BCUT2D eigenvalue weighted by atomic mass is 9.57. The molecule has 3 heteroatoms. The molecule has 0 aromatic carbocycles. The first-order valence-electron chi connectivity index (χ1n) is 8.71. The Balaban J connectivity index is 2.14. The largest absolute Gasteiger partial charge is 0.329 e. The van der Waals surface area contributed by atoms with E-state index in [-0.39, 0.29) is 5.54 Å². The van der Waals surface area contributed by atoms with Crippen molar-refractivity contribution < 1.29 is 0 Å². The van der Waals surface area contributed by atoms with Crippen LogP contribution in [-0.2, 0) is 0 Å². The van der Waals surface area contributed by atoms with Gasteiger partial charge in [0.15, 0.2) is 0 Å². The molecule has 0 spiro atoms. The van der Waals surface area contributed by atoms with E-state index >= 15 is 0 Å². The van der Waals surface area contributed by atoms with Crippen LogP contribution >= 0.6 is 0 Å². The highest BCUT2D eigenvalue weighted by molar-refractivity contribution is 5.05. The zero-order valence-electron chi connectivity index (χ0n) is 15.2. The molecule has 0 amide bonds. The number of rotatable bonds is 3. The SMILES string of the molecule is CN(C)C1CCN(C2(CN)CC(C)(C)CC(C)(C)C2)CC1. The van der Waals surface area contributed by atoms with Gasteiger partial charge in [-0.2, -0.15) is 0 Å². The number of piperidine rings is 1. The molecule has 0 aromatic rings. The van der Waals surface area contributed by atoms with E-state index < -0.39 is 0 Å². The van der Waals surface area contributed by atoms with E-state index in [2.05, 4.69) is 51.6 Å². The Bertz CT molecular complexity index is 335. The van der Waals surface area contributed by atoms with E-state index in [0.717, 1.165) is 12.6 Å². The second-order valence-electron chi connectivity index (χ2n) is 9.47. The minimum absolute atomic E-state index is 0.225. The Morgan fingerprint density at radius 1 is 0.952 bits per heavy atom. The Labute approximate surface area is 132 Å². The van der Waals surface area contributed by atoms with Gasteiger partial charge in [-0.3, -0.25) is 4.90 Å². The molecule has 1 aliphatic heterocycles. The lowest BCUT2D eigenvalue weighted by molar-refractivity contribution is -0.0577.